The SMILES string of the molecule is Cc1cccc(C(=O)O)c1C=C(CNC(=O)OCC1c2ccccc2-c2ccccc21)B1OC(C)(C)C(C)(C)O1. The highest BCUT2D eigenvalue weighted by molar-refractivity contribution is 6.56. The van der Waals surface area contributed by atoms with Crippen molar-refractivity contribution in [1.29, 1.82) is 0 Å². The monoisotopic (exact) mass is 539 g/mol. The summed E-state index contributed by atoms with van der Waals surface area (Å²) in [5, 5.41) is 12.6. The van der Waals surface area contributed by atoms with Crippen LogP contribution in [-0.2, 0) is 14.0 Å². The molecule has 1 fully saturated rings. The Bertz CT molecular complexity index is 1430. The van der Waals surface area contributed by atoms with E-state index in [1.54, 1.807) is 18.2 Å². The van der Waals surface area contributed by atoms with E-state index in [1.165, 1.54) is 0 Å². The molecule has 0 unspecified atom stereocenters. The van der Waals surface area contributed by atoms with Crippen LogP contribution in [0.2, 0.25) is 0 Å². The number of carbonyl (C=O) groups is 2. The smallest absolute Gasteiger partial charge is 0.478 e. The van der Waals surface area contributed by atoms with E-state index in [2.05, 4.69) is 29.6 Å². The zero-order chi connectivity index (χ0) is 28.7. The Labute approximate surface area is 235 Å². The van der Waals surface area contributed by atoms with Crippen molar-refractivity contribution in [2.45, 2.75) is 51.7 Å². The summed E-state index contributed by atoms with van der Waals surface area (Å²) in [7, 11) is -0.778. The molecule has 1 heterocycles. The second-order valence-electron chi connectivity index (χ2n) is 11.3. The topological polar surface area (TPSA) is 94.1 Å². The molecule has 206 valence electrons. The quantitative estimate of drug-likeness (QED) is 0.345. The van der Waals surface area contributed by atoms with Gasteiger partial charge in [0.2, 0.25) is 0 Å². The Morgan fingerprint density at radius 2 is 1.50 bits per heavy atom. The van der Waals surface area contributed by atoms with Crippen molar-refractivity contribution in [1.82, 2.24) is 5.32 Å². The molecule has 0 aromatic heterocycles. The highest BCUT2D eigenvalue weighted by Crippen LogP contribution is 2.44. The van der Waals surface area contributed by atoms with Crippen molar-refractivity contribution in [3.8, 4) is 11.1 Å². The first-order valence-electron chi connectivity index (χ1n) is 13.5. The van der Waals surface area contributed by atoms with Gasteiger partial charge in [0, 0.05) is 12.5 Å². The summed E-state index contributed by atoms with van der Waals surface area (Å²) in [6, 6.07) is 21.5. The van der Waals surface area contributed by atoms with Crippen LogP contribution in [0.3, 0.4) is 0 Å². The molecule has 3 aromatic carbocycles. The van der Waals surface area contributed by atoms with Gasteiger partial charge in [-0.25, -0.2) is 9.59 Å². The van der Waals surface area contributed by atoms with Gasteiger partial charge in [-0.3, -0.25) is 0 Å². The lowest BCUT2D eigenvalue weighted by atomic mass is 9.76. The lowest BCUT2D eigenvalue weighted by Crippen LogP contribution is -2.41. The molecule has 1 saturated heterocycles. The molecule has 8 heteroatoms. The Hall–Kier alpha value is -3.88. The van der Waals surface area contributed by atoms with E-state index in [9.17, 15) is 14.7 Å². The van der Waals surface area contributed by atoms with E-state index in [1.807, 2.05) is 65.0 Å². The largest absolute Gasteiger partial charge is 0.492 e. The maximum atomic E-state index is 13.0. The summed E-state index contributed by atoms with van der Waals surface area (Å²) in [6.07, 6.45) is 1.16. The van der Waals surface area contributed by atoms with Gasteiger partial charge in [-0.2, -0.15) is 0 Å². The Balaban J connectivity index is 1.35. The first kappa shape index (κ1) is 27.7. The predicted octanol–water partition coefficient (Wildman–Crippen LogP) is 6.25. The molecule has 1 aliphatic heterocycles. The maximum Gasteiger partial charge on any atom is 0.492 e. The molecular formula is C32H34BNO6. The number of alkyl carbamates (subject to hydrolysis) is 1. The van der Waals surface area contributed by atoms with Gasteiger partial charge in [0.25, 0.3) is 0 Å². The predicted molar refractivity (Wildman–Crippen MR) is 155 cm³/mol. The number of hydrogen-bond donors (Lipinski definition) is 2. The van der Waals surface area contributed by atoms with Crippen LogP contribution in [0.25, 0.3) is 17.2 Å². The molecule has 3 aromatic rings. The van der Waals surface area contributed by atoms with Gasteiger partial charge < -0.3 is 24.5 Å². The normalized spacial score (nSPS) is 17.3. The van der Waals surface area contributed by atoms with Crippen LogP contribution < -0.4 is 5.32 Å². The van der Waals surface area contributed by atoms with Crippen LogP contribution in [0.1, 0.15) is 66.2 Å². The van der Waals surface area contributed by atoms with E-state index in [0.29, 0.717) is 11.0 Å². The first-order chi connectivity index (χ1) is 19.0. The molecule has 0 radical (unpaired) electrons. The second kappa shape index (κ2) is 10.6. The van der Waals surface area contributed by atoms with Crippen molar-refractivity contribution >= 4 is 25.3 Å². The molecule has 1 amide bonds. The summed E-state index contributed by atoms with van der Waals surface area (Å²) >= 11 is 0. The van der Waals surface area contributed by atoms with Gasteiger partial charge in [0.15, 0.2) is 0 Å². The van der Waals surface area contributed by atoms with Crippen molar-refractivity contribution < 1.29 is 28.7 Å². The van der Waals surface area contributed by atoms with E-state index in [-0.39, 0.29) is 24.6 Å². The van der Waals surface area contributed by atoms with E-state index in [4.69, 9.17) is 14.0 Å². The van der Waals surface area contributed by atoms with Crippen LogP contribution >= 0.6 is 0 Å². The van der Waals surface area contributed by atoms with Crippen molar-refractivity contribution in [3.05, 3.63) is 100 Å². The highest BCUT2D eigenvalue weighted by atomic mass is 16.7. The molecule has 2 aliphatic rings. The summed E-state index contributed by atoms with van der Waals surface area (Å²) in [5.41, 5.74) is 5.44. The molecule has 2 N–H and O–H groups in total. The number of carboxylic acid groups (broad SMARTS) is 1. The summed E-state index contributed by atoms with van der Waals surface area (Å²) in [4.78, 5) is 24.9. The number of ether oxygens (including phenoxy) is 1. The Morgan fingerprint density at radius 3 is 2.08 bits per heavy atom. The van der Waals surface area contributed by atoms with Gasteiger partial charge in [-0.05, 0) is 79.5 Å². The van der Waals surface area contributed by atoms with Crippen molar-refractivity contribution in [3.63, 3.8) is 0 Å². The number of carboxylic acids is 1. The van der Waals surface area contributed by atoms with Gasteiger partial charge in [0.1, 0.15) is 6.61 Å². The number of benzene rings is 3. The fourth-order valence-electron chi connectivity index (χ4n) is 5.26. The molecule has 1 aliphatic carbocycles. The Morgan fingerprint density at radius 1 is 0.925 bits per heavy atom. The number of carbonyl (C=O) groups excluding carboxylic acids is 1. The second-order valence-corrected chi connectivity index (χ2v) is 11.3. The van der Waals surface area contributed by atoms with Gasteiger partial charge in [-0.15, -0.1) is 0 Å². The zero-order valence-electron chi connectivity index (χ0n) is 23.5. The first-order valence-corrected chi connectivity index (χ1v) is 13.5. The maximum absolute atomic E-state index is 13.0. The fourth-order valence-corrected chi connectivity index (χ4v) is 5.26. The number of aromatic carboxylic acids is 1. The van der Waals surface area contributed by atoms with Crippen LogP contribution in [0.15, 0.2) is 72.2 Å². The van der Waals surface area contributed by atoms with Gasteiger partial charge >= 0.3 is 19.2 Å². The number of aryl methyl sites for hydroxylation is 1. The van der Waals surface area contributed by atoms with Gasteiger partial charge in [-0.1, -0.05) is 66.7 Å². The van der Waals surface area contributed by atoms with Crippen LogP contribution in [0.5, 0.6) is 0 Å². The minimum atomic E-state index is -1.03. The number of amides is 1. The van der Waals surface area contributed by atoms with Crippen LogP contribution in [0, 0.1) is 6.92 Å². The molecule has 0 spiro atoms. The third-order valence-electron chi connectivity index (χ3n) is 8.22. The van der Waals surface area contributed by atoms with Gasteiger partial charge in [0.05, 0.1) is 16.8 Å². The number of fused-ring (bicyclic) bond motifs is 3. The van der Waals surface area contributed by atoms with E-state index >= 15 is 0 Å². The third-order valence-corrected chi connectivity index (χ3v) is 8.22. The molecule has 7 nitrogen and oxygen atoms in total. The van der Waals surface area contributed by atoms with E-state index < -0.39 is 30.4 Å². The molecule has 0 atom stereocenters. The lowest BCUT2D eigenvalue weighted by molar-refractivity contribution is 0.00578. The highest BCUT2D eigenvalue weighted by Gasteiger charge is 2.52. The fraction of sp³-hybridized carbons (Fsp3) is 0.312. The van der Waals surface area contributed by atoms with Crippen molar-refractivity contribution in [2.75, 3.05) is 13.2 Å². The molecule has 0 bridgehead atoms. The standard InChI is InChI=1S/C32H34BNO6/c1-20-11-10-16-26(29(35)36)27(20)17-21(33-39-31(2,3)32(4,5)40-33)18-34-30(37)38-19-28-24-14-8-6-12-22(24)23-13-7-9-15-25(23)28/h6-17,28H,18-19H2,1-5H3,(H,34,37)(H,35,36). The molecule has 0 saturated carbocycles. The average Bonchev–Trinajstić information content (AvgIpc) is 3.34. The number of rotatable bonds is 7. The minimum Gasteiger partial charge on any atom is -0.478 e. The van der Waals surface area contributed by atoms with E-state index in [0.717, 1.165) is 27.8 Å². The van der Waals surface area contributed by atoms with Crippen LogP contribution in [0.4, 0.5) is 4.79 Å². The minimum absolute atomic E-state index is 0.0543. The average molecular weight is 539 g/mol. The summed E-state index contributed by atoms with van der Waals surface area (Å²) in [5.74, 6) is -1.09. The summed E-state index contributed by atoms with van der Waals surface area (Å²) < 4.78 is 18.2. The molecular weight excluding hydrogens is 505 g/mol. The third kappa shape index (κ3) is 5.17. The van der Waals surface area contributed by atoms with Crippen LogP contribution in [-0.4, -0.2) is 48.6 Å². The zero-order valence-corrected chi connectivity index (χ0v) is 23.5. The molecule has 40 heavy (non-hydrogen) atoms. The Kier molecular flexibility index (Phi) is 7.33. The van der Waals surface area contributed by atoms with Crippen molar-refractivity contribution in [2.24, 2.45) is 0 Å². The summed E-state index contributed by atoms with van der Waals surface area (Å²) in [6.45, 7) is 9.87. The molecule has 5 rings (SSSR count). The number of hydrogen-bond acceptors (Lipinski definition) is 5. The lowest BCUT2D eigenvalue weighted by Gasteiger charge is -2.32. The number of nitrogens with one attached hydrogen (secondary N) is 1.